The van der Waals surface area contributed by atoms with Crippen molar-refractivity contribution in [3.05, 3.63) is 147 Å². The average molecular weight is 627 g/mol. The Balaban J connectivity index is 1.59. The van der Waals surface area contributed by atoms with E-state index in [4.69, 9.17) is 6.42 Å². The first-order valence-electron chi connectivity index (χ1n) is 17.6. The van der Waals surface area contributed by atoms with Crippen molar-refractivity contribution in [2.75, 3.05) is 0 Å². The Morgan fingerprint density at radius 2 is 1.71 bits per heavy atom. The second-order valence-electron chi connectivity index (χ2n) is 13.6. The minimum atomic E-state index is 0.644. The van der Waals surface area contributed by atoms with Gasteiger partial charge in [0.15, 0.2) is 0 Å². The molecule has 0 unspecified atom stereocenters. The van der Waals surface area contributed by atoms with Crippen molar-refractivity contribution in [1.29, 1.82) is 0 Å². The van der Waals surface area contributed by atoms with Crippen LogP contribution in [0.5, 0.6) is 0 Å². The number of rotatable bonds is 6. The molecule has 7 rings (SSSR count). The number of terminal acetylenes is 1. The minimum absolute atomic E-state index is 0.644. The molecule has 3 aliphatic carbocycles. The Morgan fingerprint density at radius 1 is 0.938 bits per heavy atom. The normalized spacial score (nSPS) is 16.5. The SMILES string of the molecule is C#C/C(C)=C(\C=C/C)NC1=C(C2CC2)CCC=C1c1cc2ccccc2c(-n2c(C)c(C)ccccc3ccc4c(c32)CCC=C4)c1C. The summed E-state index contributed by atoms with van der Waals surface area (Å²) in [5.41, 5.74) is 16.4. The fourth-order valence-corrected chi connectivity index (χ4v) is 7.67. The molecule has 0 saturated heterocycles. The maximum atomic E-state index is 5.96. The summed E-state index contributed by atoms with van der Waals surface area (Å²) in [4.78, 5) is 0. The number of benzene rings is 3. The molecule has 0 atom stereocenters. The molecule has 0 radical (unpaired) electrons. The molecule has 2 heteroatoms. The van der Waals surface area contributed by atoms with Gasteiger partial charge in [-0.1, -0.05) is 90.9 Å². The van der Waals surface area contributed by atoms with E-state index in [9.17, 15) is 0 Å². The second kappa shape index (κ2) is 13.2. The van der Waals surface area contributed by atoms with Crippen LogP contribution in [0.3, 0.4) is 0 Å². The van der Waals surface area contributed by atoms with E-state index in [2.05, 4.69) is 141 Å². The molecule has 4 aromatic rings. The van der Waals surface area contributed by atoms with Gasteiger partial charge in [0.25, 0.3) is 0 Å². The molecule has 3 aromatic carbocycles. The van der Waals surface area contributed by atoms with E-state index in [1.807, 2.05) is 6.92 Å². The first kappa shape index (κ1) is 31.6. The summed E-state index contributed by atoms with van der Waals surface area (Å²) < 4.78 is 2.60. The van der Waals surface area contributed by atoms with E-state index >= 15 is 0 Å². The van der Waals surface area contributed by atoms with E-state index in [0.29, 0.717) is 5.92 Å². The number of fused-ring (bicyclic) bond motifs is 4. The topological polar surface area (TPSA) is 17.0 Å². The number of aromatic nitrogens is 1. The van der Waals surface area contributed by atoms with Crippen LogP contribution >= 0.6 is 0 Å². The molecule has 0 bridgehead atoms. The van der Waals surface area contributed by atoms with Crippen LogP contribution in [0.2, 0.25) is 0 Å². The summed E-state index contributed by atoms with van der Waals surface area (Å²) in [7, 11) is 0. The summed E-state index contributed by atoms with van der Waals surface area (Å²) >= 11 is 0. The Bertz CT molecular complexity index is 2210. The highest BCUT2D eigenvalue weighted by Crippen LogP contribution is 2.47. The summed E-state index contributed by atoms with van der Waals surface area (Å²) in [6.45, 7) is 11.0. The third-order valence-electron chi connectivity index (χ3n) is 10.5. The molecule has 1 saturated carbocycles. The molecule has 0 amide bonds. The number of aryl methyl sites for hydroxylation is 2. The van der Waals surface area contributed by atoms with E-state index in [-0.39, 0.29) is 0 Å². The highest BCUT2D eigenvalue weighted by molar-refractivity contribution is 6.00. The van der Waals surface area contributed by atoms with Crippen LogP contribution in [0, 0.1) is 39.0 Å². The lowest BCUT2D eigenvalue weighted by Crippen LogP contribution is -2.20. The van der Waals surface area contributed by atoms with Gasteiger partial charge in [0.05, 0.1) is 11.2 Å². The van der Waals surface area contributed by atoms with E-state index in [1.54, 1.807) is 5.57 Å². The molecule has 48 heavy (non-hydrogen) atoms. The first-order valence-corrected chi connectivity index (χ1v) is 17.6. The zero-order valence-corrected chi connectivity index (χ0v) is 29.1. The fourth-order valence-electron chi connectivity index (χ4n) is 7.67. The standard InChI is InChI=1S/C46H46N2/c1-7-16-43(30(3)8-2)47-44-38(35-25-26-35)23-15-24-41(44)42-29-37-20-12-14-22-40(37)45(32(42)5)48-33(6)31(4)17-9-10-19-36-28-27-34-18-11-13-21-39(34)46(36)48/h2,7,9-12,14,16-20,22,24,27-29,35,47H,13,15,21,23,25-26H2,1,3-6H3/b16-7-,17-9?,19-10?,33-31?,43-30+. The molecule has 1 aromatic heterocycles. The van der Waals surface area contributed by atoms with Crippen molar-refractivity contribution < 1.29 is 0 Å². The van der Waals surface area contributed by atoms with Crippen LogP contribution in [0.15, 0.2) is 114 Å². The van der Waals surface area contributed by atoms with Crippen LogP contribution in [-0.2, 0) is 6.42 Å². The highest BCUT2D eigenvalue weighted by atomic mass is 15.0. The zero-order chi connectivity index (χ0) is 33.4. The van der Waals surface area contributed by atoms with Crippen molar-refractivity contribution in [3.63, 3.8) is 0 Å². The smallest absolute Gasteiger partial charge is 0.0572 e. The van der Waals surface area contributed by atoms with Crippen LogP contribution < -0.4 is 5.32 Å². The quantitative estimate of drug-likeness (QED) is 0.166. The molecule has 1 N–H and O–H groups in total. The van der Waals surface area contributed by atoms with Crippen molar-refractivity contribution in [3.8, 4) is 18.0 Å². The van der Waals surface area contributed by atoms with Crippen molar-refractivity contribution >= 4 is 33.3 Å². The molecular formula is C46H46N2. The fraction of sp³-hybridized carbons (Fsp3) is 0.261. The van der Waals surface area contributed by atoms with Crippen LogP contribution in [0.4, 0.5) is 0 Å². The van der Waals surface area contributed by atoms with E-state index in [0.717, 1.165) is 37.0 Å². The maximum absolute atomic E-state index is 5.96. The number of allylic oxidation sites excluding steroid dienone is 7. The maximum Gasteiger partial charge on any atom is 0.0572 e. The van der Waals surface area contributed by atoms with Gasteiger partial charge in [-0.25, -0.2) is 0 Å². The predicted molar refractivity (Wildman–Crippen MR) is 206 cm³/mol. The van der Waals surface area contributed by atoms with Gasteiger partial charge in [-0.05, 0) is 135 Å². The van der Waals surface area contributed by atoms with Gasteiger partial charge in [-0.3, -0.25) is 0 Å². The summed E-state index contributed by atoms with van der Waals surface area (Å²) in [6.07, 6.45) is 24.0. The third kappa shape index (κ3) is 5.73. The number of nitrogens with zero attached hydrogens (tertiary/aromatic N) is 1. The lowest BCUT2D eigenvalue weighted by molar-refractivity contribution is 0.805. The molecule has 1 heterocycles. The van der Waals surface area contributed by atoms with Gasteiger partial charge in [-0.15, -0.1) is 6.42 Å². The van der Waals surface area contributed by atoms with E-state index < -0.39 is 0 Å². The molecule has 0 spiro atoms. The Hall–Kier alpha value is -5.00. The highest BCUT2D eigenvalue weighted by Gasteiger charge is 2.32. The summed E-state index contributed by atoms with van der Waals surface area (Å²) in [5, 5.41) is 7.68. The molecule has 0 aliphatic heterocycles. The van der Waals surface area contributed by atoms with Crippen molar-refractivity contribution in [2.24, 2.45) is 5.92 Å². The van der Waals surface area contributed by atoms with Gasteiger partial charge in [0.2, 0.25) is 0 Å². The van der Waals surface area contributed by atoms with Gasteiger partial charge < -0.3 is 9.88 Å². The monoisotopic (exact) mass is 626 g/mol. The Kier molecular flexibility index (Phi) is 8.72. The zero-order valence-electron chi connectivity index (χ0n) is 29.1. The number of hydrogen-bond donors (Lipinski definition) is 1. The van der Waals surface area contributed by atoms with Crippen LogP contribution in [0.25, 0.3) is 39.0 Å². The summed E-state index contributed by atoms with van der Waals surface area (Å²) in [5.74, 6) is 3.54. The van der Waals surface area contributed by atoms with Gasteiger partial charge >= 0.3 is 0 Å². The average Bonchev–Trinajstić information content (AvgIpc) is 3.95. The van der Waals surface area contributed by atoms with Gasteiger partial charge in [0.1, 0.15) is 0 Å². The molecule has 2 nitrogen and oxygen atoms in total. The molecular weight excluding hydrogens is 581 g/mol. The predicted octanol–water partition coefficient (Wildman–Crippen LogP) is 11.7. The Labute approximate surface area is 286 Å². The van der Waals surface area contributed by atoms with Crippen LogP contribution in [-0.4, -0.2) is 4.57 Å². The summed E-state index contributed by atoms with van der Waals surface area (Å²) in [6, 6.07) is 24.9. The second-order valence-corrected chi connectivity index (χ2v) is 13.6. The first-order chi connectivity index (χ1) is 23.4. The van der Waals surface area contributed by atoms with Gasteiger partial charge in [0, 0.05) is 33.6 Å². The largest absolute Gasteiger partial charge is 0.354 e. The lowest BCUT2D eigenvalue weighted by atomic mass is 9.85. The molecule has 3 aliphatic rings. The van der Waals surface area contributed by atoms with E-state index in [1.165, 1.54) is 85.0 Å². The van der Waals surface area contributed by atoms with Crippen molar-refractivity contribution in [1.82, 2.24) is 9.88 Å². The lowest BCUT2D eigenvalue weighted by Gasteiger charge is -2.28. The number of nitrogens with one attached hydrogen (secondary N) is 1. The minimum Gasteiger partial charge on any atom is -0.354 e. The Morgan fingerprint density at radius 3 is 2.48 bits per heavy atom. The molecule has 240 valence electrons. The third-order valence-corrected chi connectivity index (χ3v) is 10.5. The number of hydrogen-bond acceptors (Lipinski definition) is 1. The van der Waals surface area contributed by atoms with Crippen molar-refractivity contribution in [2.45, 2.75) is 73.1 Å². The van der Waals surface area contributed by atoms with Gasteiger partial charge in [-0.2, -0.15) is 0 Å². The van der Waals surface area contributed by atoms with Crippen LogP contribution in [0.1, 0.15) is 79.5 Å². The molecule has 1 fully saturated rings.